The summed E-state index contributed by atoms with van der Waals surface area (Å²) < 4.78 is 25.8. The molecular formula is C27H41NO9. The van der Waals surface area contributed by atoms with Crippen molar-refractivity contribution in [3.05, 3.63) is 23.8 Å². The standard InChI is InChI=1S/C27H41NO9/c1-17(2)12-24(29)36-22-9-8-20(15-23(22)37-25(30)13-18(3)4)14-21(26(31)33-7)28-10-11-34-27(32)35-16-19(5)6/h8-9,15,17-19,21,28H,10-14,16H2,1-7H3/t21-/m0/s1. The predicted octanol–water partition coefficient (Wildman–Crippen LogP) is 4.07. The zero-order valence-electron chi connectivity index (χ0n) is 23.0. The van der Waals surface area contributed by atoms with E-state index in [9.17, 15) is 19.2 Å². The molecule has 0 aliphatic rings. The van der Waals surface area contributed by atoms with Crippen LogP contribution in [0.3, 0.4) is 0 Å². The van der Waals surface area contributed by atoms with Gasteiger partial charge in [-0.2, -0.15) is 0 Å². The summed E-state index contributed by atoms with van der Waals surface area (Å²) in [6.45, 7) is 11.8. The number of hydrogen-bond donors (Lipinski definition) is 1. The number of carbonyl (C=O) groups excluding carboxylic acids is 4. The Morgan fingerprint density at radius 1 is 0.811 bits per heavy atom. The van der Waals surface area contributed by atoms with Crippen molar-refractivity contribution in [3.8, 4) is 11.5 Å². The summed E-state index contributed by atoms with van der Waals surface area (Å²) in [6.07, 6.45) is -0.196. The first-order valence-electron chi connectivity index (χ1n) is 12.6. The third-order valence-electron chi connectivity index (χ3n) is 4.78. The number of carbonyl (C=O) groups is 4. The lowest BCUT2D eigenvalue weighted by molar-refractivity contribution is -0.143. The van der Waals surface area contributed by atoms with Gasteiger partial charge in [0.1, 0.15) is 12.6 Å². The van der Waals surface area contributed by atoms with Gasteiger partial charge in [-0.1, -0.05) is 47.6 Å². The summed E-state index contributed by atoms with van der Waals surface area (Å²) in [5.74, 6) is -0.820. The molecule has 1 atom stereocenters. The summed E-state index contributed by atoms with van der Waals surface area (Å²) in [5.41, 5.74) is 0.635. The molecule has 0 unspecified atom stereocenters. The normalized spacial score (nSPS) is 11.8. The van der Waals surface area contributed by atoms with Gasteiger partial charge in [-0.3, -0.25) is 14.4 Å². The van der Waals surface area contributed by atoms with Crippen LogP contribution in [0.1, 0.15) is 59.9 Å². The first-order valence-corrected chi connectivity index (χ1v) is 12.6. The van der Waals surface area contributed by atoms with Crippen molar-refractivity contribution in [2.75, 3.05) is 26.9 Å². The lowest BCUT2D eigenvalue weighted by Gasteiger charge is -2.18. The maximum atomic E-state index is 12.3. The summed E-state index contributed by atoms with van der Waals surface area (Å²) >= 11 is 0. The molecule has 0 heterocycles. The highest BCUT2D eigenvalue weighted by Crippen LogP contribution is 2.30. The van der Waals surface area contributed by atoms with Crippen LogP contribution in [0.2, 0.25) is 0 Å². The Balaban J connectivity index is 2.94. The monoisotopic (exact) mass is 523 g/mol. The molecule has 0 amide bonds. The Hall–Kier alpha value is -3.14. The lowest BCUT2D eigenvalue weighted by Crippen LogP contribution is -2.41. The second kappa shape index (κ2) is 16.6. The van der Waals surface area contributed by atoms with E-state index in [0.717, 1.165) is 0 Å². The number of methoxy groups -OCH3 is 1. The van der Waals surface area contributed by atoms with Crippen molar-refractivity contribution in [1.82, 2.24) is 5.32 Å². The van der Waals surface area contributed by atoms with E-state index in [-0.39, 0.29) is 68.3 Å². The fourth-order valence-corrected chi connectivity index (χ4v) is 3.10. The van der Waals surface area contributed by atoms with E-state index in [1.165, 1.54) is 13.2 Å². The Labute approximate surface area is 219 Å². The van der Waals surface area contributed by atoms with Crippen molar-refractivity contribution in [1.29, 1.82) is 0 Å². The molecular weight excluding hydrogens is 482 g/mol. The minimum absolute atomic E-state index is 0.00672. The molecule has 0 spiro atoms. The maximum Gasteiger partial charge on any atom is 0.508 e. The highest BCUT2D eigenvalue weighted by Gasteiger charge is 2.22. The number of benzene rings is 1. The number of nitrogens with one attached hydrogen (secondary N) is 1. The van der Waals surface area contributed by atoms with Gasteiger partial charge in [0.05, 0.1) is 13.7 Å². The van der Waals surface area contributed by atoms with Crippen LogP contribution in [0.5, 0.6) is 11.5 Å². The predicted molar refractivity (Wildman–Crippen MR) is 136 cm³/mol. The molecule has 10 nitrogen and oxygen atoms in total. The Morgan fingerprint density at radius 2 is 1.41 bits per heavy atom. The molecule has 0 radical (unpaired) electrons. The molecule has 0 aliphatic heterocycles. The van der Waals surface area contributed by atoms with Gasteiger partial charge >= 0.3 is 24.1 Å². The molecule has 1 aromatic rings. The summed E-state index contributed by atoms with van der Waals surface area (Å²) in [4.78, 5) is 48.5. The van der Waals surface area contributed by atoms with Crippen LogP contribution in [0, 0.1) is 17.8 Å². The maximum absolute atomic E-state index is 12.3. The molecule has 10 heteroatoms. The van der Waals surface area contributed by atoms with Crippen LogP contribution >= 0.6 is 0 Å². The Kier molecular flexibility index (Phi) is 14.3. The average molecular weight is 524 g/mol. The van der Waals surface area contributed by atoms with Crippen molar-refractivity contribution in [2.24, 2.45) is 17.8 Å². The topological polar surface area (TPSA) is 126 Å². The van der Waals surface area contributed by atoms with Crippen LogP contribution in [-0.4, -0.2) is 57.0 Å². The van der Waals surface area contributed by atoms with E-state index in [1.54, 1.807) is 12.1 Å². The smallest absolute Gasteiger partial charge is 0.468 e. The molecule has 1 rings (SSSR count). The van der Waals surface area contributed by atoms with Gasteiger partial charge < -0.3 is 29.0 Å². The second-order valence-corrected chi connectivity index (χ2v) is 9.96. The first-order chi connectivity index (χ1) is 17.4. The van der Waals surface area contributed by atoms with Gasteiger partial charge in [0.15, 0.2) is 11.5 Å². The van der Waals surface area contributed by atoms with E-state index in [2.05, 4.69) is 5.32 Å². The molecule has 0 bridgehead atoms. The highest BCUT2D eigenvalue weighted by atomic mass is 16.7. The summed E-state index contributed by atoms with van der Waals surface area (Å²) in [6, 6.07) is 4.00. The molecule has 0 saturated heterocycles. The fraction of sp³-hybridized carbons (Fsp3) is 0.630. The quantitative estimate of drug-likeness (QED) is 0.204. The number of rotatable bonds is 15. The van der Waals surface area contributed by atoms with Crippen molar-refractivity contribution < 1.29 is 42.9 Å². The first kappa shape index (κ1) is 31.9. The van der Waals surface area contributed by atoms with Gasteiger partial charge in [0.25, 0.3) is 0 Å². The number of esters is 3. The van der Waals surface area contributed by atoms with E-state index in [4.69, 9.17) is 23.7 Å². The number of ether oxygens (including phenoxy) is 5. The zero-order chi connectivity index (χ0) is 28.0. The molecule has 1 N–H and O–H groups in total. The van der Waals surface area contributed by atoms with Crippen LogP contribution in [0.4, 0.5) is 4.79 Å². The van der Waals surface area contributed by atoms with Crippen LogP contribution in [0.25, 0.3) is 0 Å². The van der Waals surface area contributed by atoms with E-state index < -0.39 is 30.1 Å². The third kappa shape index (κ3) is 13.7. The van der Waals surface area contributed by atoms with Crippen LogP contribution in [-0.2, 0) is 35.0 Å². The van der Waals surface area contributed by atoms with E-state index in [0.29, 0.717) is 5.56 Å². The van der Waals surface area contributed by atoms with Gasteiger partial charge in [-0.25, -0.2) is 4.79 Å². The fourth-order valence-electron chi connectivity index (χ4n) is 3.10. The van der Waals surface area contributed by atoms with Crippen molar-refractivity contribution in [3.63, 3.8) is 0 Å². The van der Waals surface area contributed by atoms with Gasteiger partial charge in [0.2, 0.25) is 0 Å². The third-order valence-corrected chi connectivity index (χ3v) is 4.78. The van der Waals surface area contributed by atoms with Crippen LogP contribution in [0.15, 0.2) is 18.2 Å². The minimum Gasteiger partial charge on any atom is -0.468 e. The minimum atomic E-state index is -0.777. The number of hydrogen-bond acceptors (Lipinski definition) is 10. The van der Waals surface area contributed by atoms with Gasteiger partial charge in [0, 0.05) is 19.4 Å². The van der Waals surface area contributed by atoms with Crippen molar-refractivity contribution >= 4 is 24.1 Å². The van der Waals surface area contributed by atoms with Crippen molar-refractivity contribution in [2.45, 2.75) is 66.8 Å². The Morgan fingerprint density at radius 3 is 1.95 bits per heavy atom. The molecule has 0 saturated carbocycles. The highest BCUT2D eigenvalue weighted by molar-refractivity contribution is 5.77. The molecule has 208 valence electrons. The molecule has 0 fully saturated rings. The average Bonchev–Trinajstić information content (AvgIpc) is 2.79. The summed E-state index contributed by atoms with van der Waals surface area (Å²) in [7, 11) is 1.27. The van der Waals surface area contributed by atoms with Gasteiger partial charge in [-0.05, 0) is 41.9 Å². The molecule has 0 aromatic heterocycles. The Bertz CT molecular complexity index is 896. The van der Waals surface area contributed by atoms with E-state index in [1.807, 2.05) is 41.5 Å². The molecule has 1 aromatic carbocycles. The largest absolute Gasteiger partial charge is 0.508 e. The summed E-state index contributed by atoms with van der Waals surface area (Å²) in [5, 5.41) is 2.99. The van der Waals surface area contributed by atoms with Gasteiger partial charge in [-0.15, -0.1) is 0 Å². The molecule has 37 heavy (non-hydrogen) atoms. The SMILES string of the molecule is COC(=O)[C@H](Cc1ccc(OC(=O)CC(C)C)c(OC(=O)CC(C)C)c1)NCCOC(=O)OCC(C)C. The lowest BCUT2D eigenvalue weighted by atomic mass is 10.0. The second-order valence-electron chi connectivity index (χ2n) is 9.96. The van der Waals surface area contributed by atoms with Crippen LogP contribution < -0.4 is 14.8 Å². The van der Waals surface area contributed by atoms with E-state index >= 15 is 0 Å². The molecule has 0 aliphatic carbocycles. The zero-order valence-corrected chi connectivity index (χ0v) is 23.0.